The zero-order chi connectivity index (χ0) is 28.3. The average molecular weight is 543 g/mol. The molecule has 2 amide bonds. The number of fused-ring (bicyclic) bond motifs is 1. The molecule has 1 saturated heterocycles. The molecule has 0 radical (unpaired) electrons. The van der Waals surface area contributed by atoms with Crippen LogP contribution in [0.25, 0.3) is 22.3 Å². The summed E-state index contributed by atoms with van der Waals surface area (Å²) in [5.74, 6) is 0.194. The molecule has 10 nitrogen and oxygen atoms in total. The average Bonchev–Trinajstić information content (AvgIpc) is 3.31. The highest BCUT2D eigenvalue weighted by molar-refractivity contribution is 5.89. The third-order valence-corrected chi connectivity index (χ3v) is 7.79. The molecule has 40 heavy (non-hydrogen) atoms. The number of piperidine rings is 1. The number of aliphatic hydroxyl groups is 1. The zero-order valence-electron chi connectivity index (χ0n) is 22.8. The van der Waals surface area contributed by atoms with Gasteiger partial charge in [0.1, 0.15) is 5.52 Å². The van der Waals surface area contributed by atoms with Crippen LogP contribution < -0.4 is 10.9 Å². The van der Waals surface area contributed by atoms with Gasteiger partial charge in [-0.25, -0.2) is 4.98 Å². The molecule has 5 rings (SSSR count). The van der Waals surface area contributed by atoms with Gasteiger partial charge in [-0.15, -0.1) is 0 Å². The SMILES string of the molecule is CC(CC(=O)N1CCC(O)(Cn2cnc3c(-c4ccc(CNC=O)cc4)n(C)nc3c2=O)CC1)c1ccccc1. The maximum absolute atomic E-state index is 13.4. The van der Waals surface area contributed by atoms with E-state index in [-0.39, 0.29) is 29.4 Å². The standard InChI is InChI=1S/C30H34N6O4/c1-21(23-6-4-3-5-7-23)16-25(38)35-14-12-30(40,13-15-35)18-36-19-32-26-27(29(36)39)33-34(2)28(26)24-10-8-22(9-11-24)17-31-20-37/h3-11,19-21,40H,12-18H2,1-2H3,(H,31,37). The summed E-state index contributed by atoms with van der Waals surface area (Å²) in [7, 11) is 1.77. The number of benzene rings is 2. The second-order valence-electron chi connectivity index (χ2n) is 10.7. The molecule has 4 aromatic rings. The van der Waals surface area contributed by atoms with Gasteiger partial charge >= 0.3 is 0 Å². The van der Waals surface area contributed by atoms with Gasteiger partial charge in [-0.1, -0.05) is 61.5 Å². The number of aromatic nitrogens is 4. The molecule has 10 heteroatoms. The fraction of sp³-hybridized carbons (Fsp3) is 0.367. The van der Waals surface area contributed by atoms with Crippen LogP contribution in [-0.4, -0.2) is 60.3 Å². The minimum Gasteiger partial charge on any atom is -0.388 e. The number of hydrogen-bond donors (Lipinski definition) is 2. The van der Waals surface area contributed by atoms with E-state index in [0.717, 1.165) is 16.7 Å². The summed E-state index contributed by atoms with van der Waals surface area (Å²) in [5, 5.41) is 18.4. The fourth-order valence-corrected chi connectivity index (χ4v) is 5.41. The third-order valence-electron chi connectivity index (χ3n) is 7.79. The lowest BCUT2D eigenvalue weighted by atomic mass is 9.90. The summed E-state index contributed by atoms with van der Waals surface area (Å²) in [6.45, 7) is 3.44. The van der Waals surface area contributed by atoms with Crippen molar-refractivity contribution in [2.45, 2.75) is 50.8 Å². The van der Waals surface area contributed by atoms with Gasteiger partial charge < -0.3 is 15.3 Å². The van der Waals surface area contributed by atoms with Gasteiger partial charge in [-0.2, -0.15) is 5.10 Å². The number of aryl methyl sites for hydroxylation is 1. The predicted octanol–water partition coefficient (Wildman–Crippen LogP) is 2.59. The monoisotopic (exact) mass is 542 g/mol. The Labute approximate surface area is 232 Å². The molecule has 0 spiro atoms. The number of likely N-dealkylation sites (tertiary alicyclic amines) is 1. The van der Waals surface area contributed by atoms with Crippen molar-refractivity contribution >= 4 is 23.4 Å². The summed E-state index contributed by atoms with van der Waals surface area (Å²) in [5.41, 5.74) is 2.93. The second kappa shape index (κ2) is 11.4. The first-order valence-corrected chi connectivity index (χ1v) is 13.5. The third kappa shape index (κ3) is 5.67. The largest absolute Gasteiger partial charge is 0.388 e. The van der Waals surface area contributed by atoms with E-state index in [1.165, 1.54) is 10.9 Å². The molecule has 0 saturated carbocycles. The summed E-state index contributed by atoms with van der Waals surface area (Å²) in [6, 6.07) is 17.6. The molecular weight excluding hydrogens is 508 g/mol. The van der Waals surface area contributed by atoms with E-state index in [9.17, 15) is 19.5 Å². The lowest BCUT2D eigenvalue weighted by Crippen LogP contribution is -2.49. The highest BCUT2D eigenvalue weighted by Crippen LogP contribution is 2.28. The Morgan fingerprint density at radius 3 is 2.48 bits per heavy atom. The fourth-order valence-electron chi connectivity index (χ4n) is 5.41. The first-order chi connectivity index (χ1) is 19.3. The Morgan fingerprint density at radius 1 is 1.10 bits per heavy atom. The Hall–Kier alpha value is -4.31. The van der Waals surface area contributed by atoms with Crippen molar-refractivity contribution in [2.24, 2.45) is 7.05 Å². The molecule has 0 bridgehead atoms. The van der Waals surface area contributed by atoms with Gasteiger partial charge in [-0.3, -0.25) is 23.6 Å². The summed E-state index contributed by atoms with van der Waals surface area (Å²) in [4.78, 5) is 43.2. The first kappa shape index (κ1) is 27.3. The zero-order valence-corrected chi connectivity index (χ0v) is 22.8. The Balaban J connectivity index is 1.27. The van der Waals surface area contributed by atoms with E-state index >= 15 is 0 Å². The van der Waals surface area contributed by atoms with Gasteiger partial charge in [-0.05, 0) is 29.9 Å². The quantitative estimate of drug-likeness (QED) is 0.314. The highest BCUT2D eigenvalue weighted by atomic mass is 16.3. The van der Waals surface area contributed by atoms with E-state index in [2.05, 4.69) is 22.3 Å². The number of carbonyl (C=O) groups excluding carboxylic acids is 2. The molecule has 1 aliphatic rings. The van der Waals surface area contributed by atoms with Crippen molar-refractivity contribution in [3.8, 4) is 11.3 Å². The van der Waals surface area contributed by atoms with Crippen LogP contribution in [0.3, 0.4) is 0 Å². The second-order valence-corrected chi connectivity index (χ2v) is 10.7. The van der Waals surface area contributed by atoms with E-state index in [0.29, 0.717) is 56.5 Å². The molecular formula is C30H34N6O4. The van der Waals surface area contributed by atoms with Gasteiger partial charge in [0.25, 0.3) is 5.56 Å². The van der Waals surface area contributed by atoms with Crippen molar-refractivity contribution in [3.05, 3.63) is 82.4 Å². The summed E-state index contributed by atoms with van der Waals surface area (Å²) in [6.07, 6.45) is 3.30. The normalized spacial score (nSPS) is 15.6. The lowest BCUT2D eigenvalue weighted by molar-refractivity contribution is -0.136. The number of rotatable bonds is 9. The van der Waals surface area contributed by atoms with Crippen LogP contribution in [-0.2, 0) is 29.7 Å². The molecule has 1 fully saturated rings. The number of carbonyl (C=O) groups is 2. The van der Waals surface area contributed by atoms with Crippen molar-refractivity contribution in [1.29, 1.82) is 0 Å². The minimum absolute atomic E-state index is 0.0766. The first-order valence-electron chi connectivity index (χ1n) is 13.5. The van der Waals surface area contributed by atoms with E-state index in [1.54, 1.807) is 11.7 Å². The molecule has 3 heterocycles. The van der Waals surface area contributed by atoms with Crippen molar-refractivity contribution in [1.82, 2.24) is 29.5 Å². The summed E-state index contributed by atoms with van der Waals surface area (Å²) < 4.78 is 3.06. The van der Waals surface area contributed by atoms with Crippen molar-refractivity contribution in [3.63, 3.8) is 0 Å². The van der Waals surface area contributed by atoms with E-state index in [4.69, 9.17) is 0 Å². The number of hydrogen-bond acceptors (Lipinski definition) is 6. The number of nitrogens with one attached hydrogen (secondary N) is 1. The van der Waals surface area contributed by atoms with Gasteiger partial charge in [0.05, 0.1) is 24.2 Å². The lowest BCUT2D eigenvalue weighted by Gasteiger charge is -2.38. The smallest absolute Gasteiger partial charge is 0.281 e. The van der Waals surface area contributed by atoms with Crippen LogP contribution in [0.2, 0.25) is 0 Å². The number of nitrogens with zero attached hydrogens (tertiary/aromatic N) is 5. The molecule has 0 aliphatic carbocycles. The van der Waals surface area contributed by atoms with Crippen LogP contribution in [0.4, 0.5) is 0 Å². The van der Waals surface area contributed by atoms with Crippen LogP contribution in [0.5, 0.6) is 0 Å². The van der Waals surface area contributed by atoms with Crippen LogP contribution in [0, 0.1) is 0 Å². The van der Waals surface area contributed by atoms with Crippen molar-refractivity contribution in [2.75, 3.05) is 13.1 Å². The van der Waals surface area contributed by atoms with E-state index < -0.39 is 5.60 Å². The molecule has 1 atom stereocenters. The maximum Gasteiger partial charge on any atom is 0.281 e. The van der Waals surface area contributed by atoms with Gasteiger partial charge in [0.2, 0.25) is 12.3 Å². The maximum atomic E-state index is 13.4. The van der Waals surface area contributed by atoms with Gasteiger partial charge in [0, 0.05) is 38.7 Å². The van der Waals surface area contributed by atoms with Crippen LogP contribution in [0.1, 0.15) is 43.2 Å². The number of amides is 2. The van der Waals surface area contributed by atoms with Crippen LogP contribution >= 0.6 is 0 Å². The topological polar surface area (TPSA) is 122 Å². The molecule has 1 aliphatic heterocycles. The molecule has 1 unspecified atom stereocenters. The molecule has 2 aromatic heterocycles. The van der Waals surface area contributed by atoms with Crippen LogP contribution in [0.15, 0.2) is 65.7 Å². The summed E-state index contributed by atoms with van der Waals surface area (Å²) >= 11 is 0. The highest BCUT2D eigenvalue weighted by Gasteiger charge is 2.35. The molecule has 2 N–H and O–H groups in total. The Morgan fingerprint density at radius 2 is 1.80 bits per heavy atom. The predicted molar refractivity (Wildman–Crippen MR) is 151 cm³/mol. The van der Waals surface area contributed by atoms with Gasteiger partial charge in [0.15, 0.2) is 5.52 Å². The minimum atomic E-state index is -1.12. The molecule has 2 aromatic carbocycles. The van der Waals surface area contributed by atoms with Crippen molar-refractivity contribution < 1.29 is 14.7 Å². The Bertz CT molecular complexity index is 1550. The Kier molecular flexibility index (Phi) is 7.79. The van der Waals surface area contributed by atoms with E-state index in [1.807, 2.05) is 59.5 Å². The molecule has 208 valence electrons.